The lowest BCUT2D eigenvalue weighted by molar-refractivity contribution is -0.193. The number of carbonyl (C=O) groups is 2. The van der Waals surface area contributed by atoms with Crippen LogP contribution in [0.25, 0.3) is 0 Å². The molecule has 0 fully saturated rings. The summed E-state index contributed by atoms with van der Waals surface area (Å²) in [5.74, 6) is -4.02. The van der Waals surface area contributed by atoms with Crippen LogP contribution in [0.2, 0.25) is 0 Å². The molecule has 7 heteroatoms. The summed E-state index contributed by atoms with van der Waals surface area (Å²) < 4.78 is 4.97. The molecule has 5 N–H and O–H groups in total. The molecule has 136 valence electrons. The maximum Gasteiger partial charge on any atom is 0.376 e. The summed E-state index contributed by atoms with van der Waals surface area (Å²) in [5.41, 5.74) is 11.6. The number of esters is 1. The number of nitrogens with two attached hydrogens (primary N) is 2. The van der Waals surface area contributed by atoms with E-state index in [2.05, 4.69) is 0 Å². The molecule has 0 aromatic heterocycles. The minimum absolute atomic E-state index is 0.158. The lowest BCUT2D eigenvalue weighted by Gasteiger charge is -2.35. The van der Waals surface area contributed by atoms with E-state index >= 15 is 0 Å². The Morgan fingerprint density at radius 3 is 2.22 bits per heavy atom. The second-order valence-electron chi connectivity index (χ2n) is 5.81. The van der Waals surface area contributed by atoms with E-state index in [0.717, 1.165) is 30.6 Å². The van der Waals surface area contributed by atoms with Crippen LogP contribution in [-0.2, 0) is 14.3 Å². The molecule has 0 heterocycles. The van der Waals surface area contributed by atoms with Crippen LogP contribution in [0.15, 0.2) is 0 Å². The Bertz CT molecular complexity index is 361. The summed E-state index contributed by atoms with van der Waals surface area (Å²) in [6.07, 6.45) is 5.08. The van der Waals surface area contributed by atoms with Crippen molar-refractivity contribution in [2.24, 2.45) is 11.5 Å². The van der Waals surface area contributed by atoms with Gasteiger partial charge < -0.3 is 15.6 Å². The number of hydrogen-bond donors (Lipinski definition) is 3. The SMILES string of the molecule is CCCCOC(=O)C(N)(O)N(CCCC)C(=O)C(N)CCCC. The molecule has 0 aliphatic rings. The van der Waals surface area contributed by atoms with Crippen molar-refractivity contribution in [3.05, 3.63) is 0 Å². The van der Waals surface area contributed by atoms with Gasteiger partial charge in [-0.15, -0.1) is 0 Å². The number of rotatable bonds is 12. The first kappa shape index (κ1) is 21.8. The smallest absolute Gasteiger partial charge is 0.376 e. The third kappa shape index (κ3) is 7.28. The zero-order chi connectivity index (χ0) is 17.9. The molecule has 0 aliphatic carbocycles. The second-order valence-corrected chi connectivity index (χ2v) is 5.81. The summed E-state index contributed by atoms with van der Waals surface area (Å²) in [6.45, 7) is 6.20. The van der Waals surface area contributed by atoms with Crippen LogP contribution < -0.4 is 11.5 Å². The highest BCUT2D eigenvalue weighted by Gasteiger charge is 2.43. The second kappa shape index (κ2) is 11.4. The molecule has 0 aromatic rings. The van der Waals surface area contributed by atoms with E-state index in [4.69, 9.17) is 16.2 Å². The highest BCUT2D eigenvalue weighted by molar-refractivity contribution is 5.88. The van der Waals surface area contributed by atoms with E-state index in [9.17, 15) is 14.7 Å². The quantitative estimate of drug-likeness (QED) is 0.280. The summed E-state index contributed by atoms with van der Waals surface area (Å²) in [4.78, 5) is 25.5. The fourth-order valence-corrected chi connectivity index (χ4v) is 2.04. The van der Waals surface area contributed by atoms with Gasteiger partial charge in [0.1, 0.15) is 0 Å². The fraction of sp³-hybridized carbons (Fsp3) is 0.875. The van der Waals surface area contributed by atoms with Gasteiger partial charge in [-0.2, -0.15) is 0 Å². The van der Waals surface area contributed by atoms with Crippen molar-refractivity contribution in [1.82, 2.24) is 4.90 Å². The molecule has 0 spiro atoms. The number of ether oxygens (including phenoxy) is 1. The van der Waals surface area contributed by atoms with Gasteiger partial charge in [0.2, 0.25) is 5.91 Å². The van der Waals surface area contributed by atoms with Gasteiger partial charge in [0.15, 0.2) is 0 Å². The Labute approximate surface area is 139 Å². The first-order valence-corrected chi connectivity index (χ1v) is 8.58. The van der Waals surface area contributed by atoms with Crippen LogP contribution >= 0.6 is 0 Å². The van der Waals surface area contributed by atoms with Gasteiger partial charge in [-0.1, -0.05) is 46.5 Å². The molecule has 0 saturated heterocycles. The van der Waals surface area contributed by atoms with Crippen LogP contribution in [0.1, 0.15) is 65.7 Å². The molecule has 0 aromatic carbocycles. The van der Waals surface area contributed by atoms with Gasteiger partial charge in [0, 0.05) is 6.54 Å². The third-order valence-electron chi connectivity index (χ3n) is 3.63. The van der Waals surface area contributed by atoms with Gasteiger partial charge >= 0.3 is 5.97 Å². The molecular formula is C16H33N3O4. The Balaban J connectivity index is 5.02. The van der Waals surface area contributed by atoms with E-state index in [1.54, 1.807) is 0 Å². The fourth-order valence-electron chi connectivity index (χ4n) is 2.04. The first-order valence-electron chi connectivity index (χ1n) is 8.58. The van der Waals surface area contributed by atoms with E-state index in [0.29, 0.717) is 19.3 Å². The number of amides is 1. The van der Waals surface area contributed by atoms with E-state index in [-0.39, 0.29) is 13.2 Å². The highest BCUT2D eigenvalue weighted by Crippen LogP contribution is 2.14. The van der Waals surface area contributed by atoms with Crippen LogP contribution in [0, 0.1) is 0 Å². The minimum atomic E-state index is -2.48. The normalized spacial score (nSPS) is 14.9. The van der Waals surface area contributed by atoms with Gasteiger partial charge in [0.05, 0.1) is 12.6 Å². The van der Waals surface area contributed by atoms with Crippen LogP contribution in [0.4, 0.5) is 0 Å². The maximum atomic E-state index is 12.5. The van der Waals surface area contributed by atoms with E-state index < -0.39 is 23.8 Å². The lowest BCUT2D eigenvalue weighted by Crippen LogP contribution is -2.66. The van der Waals surface area contributed by atoms with Crippen molar-refractivity contribution in [2.45, 2.75) is 77.6 Å². The molecule has 23 heavy (non-hydrogen) atoms. The Hall–Kier alpha value is -1.18. The number of hydrogen-bond acceptors (Lipinski definition) is 6. The molecule has 7 nitrogen and oxygen atoms in total. The number of carbonyl (C=O) groups excluding carboxylic acids is 2. The maximum absolute atomic E-state index is 12.5. The van der Waals surface area contributed by atoms with Gasteiger partial charge in [-0.3, -0.25) is 15.4 Å². The summed E-state index contributed by atoms with van der Waals surface area (Å²) in [7, 11) is 0. The highest BCUT2D eigenvalue weighted by atomic mass is 16.6. The first-order chi connectivity index (χ1) is 10.8. The van der Waals surface area contributed by atoms with Crippen LogP contribution in [-0.4, -0.2) is 46.9 Å². The molecule has 0 rings (SSSR count). The Morgan fingerprint density at radius 1 is 1.13 bits per heavy atom. The summed E-state index contributed by atoms with van der Waals surface area (Å²) in [5, 5.41) is 10.4. The van der Waals surface area contributed by atoms with Crippen LogP contribution in [0.5, 0.6) is 0 Å². The lowest BCUT2D eigenvalue weighted by atomic mass is 10.1. The minimum Gasteiger partial charge on any atom is -0.461 e. The average Bonchev–Trinajstić information content (AvgIpc) is 2.52. The summed E-state index contributed by atoms with van der Waals surface area (Å²) >= 11 is 0. The monoisotopic (exact) mass is 331 g/mol. The molecule has 1 amide bonds. The standard InChI is InChI=1S/C16H33N3O4/c1-4-7-10-13(17)14(20)19(11-8-5-2)16(18,22)15(21)23-12-9-6-3/h13,22H,4-12,17-18H2,1-3H3. The molecule has 0 radical (unpaired) electrons. The van der Waals surface area contributed by atoms with Crippen LogP contribution in [0.3, 0.4) is 0 Å². The van der Waals surface area contributed by atoms with E-state index in [1.807, 2.05) is 20.8 Å². The molecule has 0 aliphatic heterocycles. The topological polar surface area (TPSA) is 119 Å². The van der Waals surface area contributed by atoms with Gasteiger partial charge in [-0.25, -0.2) is 4.79 Å². The predicted octanol–water partition coefficient (Wildman–Crippen LogP) is 1.08. The van der Waals surface area contributed by atoms with Gasteiger partial charge in [-0.05, 0) is 19.3 Å². The van der Waals surface area contributed by atoms with Crippen molar-refractivity contribution in [3.63, 3.8) is 0 Å². The predicted molar refractivity (Wildman–Crippen MR) is 89.1 cm³/mol. The molecular weight excluding hydrogens is 298 g/mol. The summed E-state index contributed by atoms with van der Waals surface area (Å²) in [6, 6.07) is -0.787. The Kier molecular flexibility index (Phi) is 10.8. The largest absolute Gasteiger partial charge is 0.461 e. The van der Waals surface area contributed by atoms with Gasteiger partial charge in [0.25, 0.3) is 5.85 Å². The van der Waals surface area contributed by atoms with E-state index in [1.165, 1.54) is 0 Å². The number of unbranched alkanes of at least 4 members (excludes halogenated alkanes) is 3. The number of nitrogens with zero attached hydrogens (tertiary/aromatic N) is 1. The van der Waals surface area contributed by atoms with Crippen molar-refractivity contribution < 1.29 is 19.4 Å². The molecule has 0 bridgehead atoms. The number of aliphatic hydroxyl groups is 1. The zero-order valence-corrected chi connectivity index (χ0v) is 14.7. The van der Waals surface area contributed by atoms with Crippen molar-refractivity contribution in [2.75, 3.05) is 13.2 Å². The third-order valence-corrected chi connectivity index (χ3v) is 3.63. The zero-order valence-electron chi connectivity index (χ0n) is 14.7. The molecule has 2 unspecified atom stereocenters. The van der Waals surface area contributed by atoms with Crippen molar-refractivity contribution >= 4 is 11.9 Å². The van der Waals surface area contributed by atoms with Crippen molar-refractivity contribution in [3.8, 4) is 0 Å². The van der Waals surface area contributed by atoms with Crippen molar-refractivity contribution in [1.29, 1.82) is 0 Å². The molecule has 0 saturated carbocycles. The Morgan fingerprint density at radius 2 is 1.70 bits per heavy atom. The average molecular weight is 331 g/mol. The molecule has 2 atom stereocenters.